The van der Waals surface area contributed by atoms with Crippen molar-refractivity contribution < 1.29 is 5.11 Å². The lowest BCUT2D eigenvalue weighted by molar-refractivity contribution is 0.357. The molecule has 1 heterocycles. The molecule has 2 rings (SSSR count). The molecule has 2 heteroatoms. The molecule has 0 atom stereocenters. The van der Waals surface area contributed by atoms with Gasteiger partial charge in [0.15, 0.2) is 0 Å². The largest absolute Gasteiger partial charge is 0.508 e. The van der Waals surface area contributed by atoms with E-state index in [0.29, 0.717) is 5.75 Å². The van der Waals surface area contributed by atoms with Gasteiger partial charge >= 0.3 is 0 Å². The smallest absolute Gasteiger partial charge is 0.120 e. The molecule has 0 radical (unpaired) electrons. The van der Waals surface area contributed by atoms with Crippen molar-refractivity contribution in [3.63, 3.8) is 0 Å². The average molecular weight is 177 g/mol. The second-order valence-corrected chi connectivity index (χ2v) is 4.11. The number of phenols is 1. The minimum Gasteiger partial charge on any atom is -0.508 e. The Labute approximate surface area is 78.6 Å². The third kappa shape index (κ3) is 1.31. The molecule has 0 amide bonds. The number of aromatic hydroxyl groups is 1. The number of hydrogen-bond acceptors (Lipinski definition) is 2. The second-order valence-electron chi connectivity index (χ2n) is 4.11. The Morgan fingerprint density at radius 2 is 2.15 bits per heavy atom. The van der Waals surface area contributed by atoms with Crippen LogP contribution in [0.25, 0.3) is 0 Å². The van der Waals surface area contributed by atoms with Crippen LogP contribution in [0.5, 0.6) is 5.75 Å². The molecule has 0 spiro atoms. The van der Waals surface area contributed by atoms with Crippen molar-refractivity contribution in [3.05, 3.63) is 29.3 Å². The van der Waals surface area contributed by atoms with Crippen molar-refractivity contribution >= 4 is 0 Å². The van der Waals surface area contributed by atoms with Crippen molar-refractivity contribution in [2.24, 2.45) is 0 Å². The van der Waals surface area contributed by atoms with Crippen LogP contribution >= 0.6 is 0 Å². The van der Waals surface area contributed by atoms with E-state index in [1.165, 1.54) is 5.56 Å². The van der Waals surface area contributed by atoms with E-state index >= 15 is 0 Å². The maximum atomic E-state index is 9.75. The summed E-state index contributed by atoms with van der Waals surface area (Å²) in [6, 6.07) is 5.76. The summed E-state index contributed by atoms with van der Waals surface area (Å²) in [4.78, 5) is 0. The van der Waals surface area contributed by atoms with E-state index in [1.807, 2.05) is 6.07 Å². The molecule has 1 aromatic rings. The van der Waals surface area contributed by atoms with E-state index < -0.39 is 0 Å². The van der Waals surface area contributed by atoms with E-state index in [2.05, 4.69) is 25.2 Å². The Hall–Kier alpha value is -1.02. The summed E-state index contributed by atoms with van der Waals surface area (Å²) in [5.74, 6) is 0.412. The average Bonchev–Trinajstić information content (AvgIpc) is 2.02. The highest BCUT2D eigenvalue weighted by Gasteiger charge is 2.29. The first-order valence-corrected chi connectivity index (χ1v) is 4.67. The third-order valence-electron chi connectivity index (χ3n) is 2.72. The third-order valence-corrected chi connectivity index (χ3v) is 2.72. The van der Waals surface area contributed by atoms with E-state index in [1.54, 1.807) is 6.07 Å². The highest BCUT2D eigenvalue weighted by atomic mass is 16.3. The molecular formula is C11H15NO. The van der Waals surface area contributed by atoms with Crippen molar-refractivity contribution in [3.8, 4) is 5.75 Å². The van der Waals surface area contributed by atoms with Gasteiger partial charge in [-0.2, -0.15) is 0 Å². The summed E-state index contributed by atoms with van der Waals surface area (Å²) in [5.41, 5.74) is 2.23. The normalized spacial score (nSPS) is 19.5. The molecule has 2 nitrogen and oxygen atoms in total. The fourth-order valence-electron chi connectivity index (χ4n) is 2.11. The number of rotatable bonds is 0. The van der Waals surface area contributed by atoms with Gasteiger partial charge in [0.2, 0.25) is 0 Å². The van der Waals surface area contributed by atoms with Gasteiger partial charge in [0.05, 0.1) is 0 Å². The summed E-state index contributed by atoms with van der Waals surface area (Å²) in [5, 5.41) is 13.1. The van der Waals surface area contributed by atoms with Crippen LogP contribution in [0, 0.1) is 0 Å². The fraction of sp³-hybridized carbons (Fsp3) is 0.455. The van der Waals surface area contributed by atoms with Gasteiger partial charge in [-0.05, 0) is 38.4 Å². The zero-order valence-corrected chi connectivity index (χ0v) is 8.09. The van der Waals surface area contributed by atoms with E-state index in [9.17, 15) is 5.11 Å². The summed E-state index contributed by atoms with van der Waals surface area (Å²) >= 11 is 0. The van der Waals surface area contributed by atoms with Gasteiger partial charge in [-0.3, -0.25) is 0 Å². The predicted molar refractivity (Wildman–Crippen MR) is 52.8 cm³/mol. The van der Waals surface area contributed by atoms with Gasteiger partial charge in [-0.25, -0.2) is 0 Å². The first-order valence-electron chi connectivity index (χ1n) is 4.67. The molecule has 0 unspecified atom stereocenters. The monoisotopic (exact) mass is 177 g/mol. The van der Waals surface area contributed by atoms with Gasteiger partial charge in [0.25, 0.3) is 0 Å². The molecular weight excluding hydrogens is 162 g/mol. The topological polar surface area (TPSA) is 32.3 Å². The zero-order valence-electron chi connectivity index (χ0n) is 8.09. The van der Waals surface area contributed by atoms with E-state index in [-0.39, 0.29) is 5.54 Å². The van der Waals surface area contributed by atoms with Crippen LogP contribution in [0.2, 0.25) is 0 Å². The van der Waals surface area contributed by atoms with Crippen molar-refractivity contribution in [2.75, 3.05) is 6.54 Å². The van der Waals surface area contributed by atoms with Crippen LogP contribution in [-0.2, 0) is 12.0 Å². The number of hydrogen-bond donors (Lipinski definition) is 2. The zero-order chi connectivity index (χ0) is 9.47. The fourth-order valence-corrected chi connectivity index (χ4v) is 2.11. The van der Waals surface area contributed by atoms with Gasteiger partial charge in [-0.1, -0.05) is 12.1 Å². The lowest BCUT2D eigenvalue weighted by Crippen LogP contribution is -2.42. The van der Waals surface area contributed by atoms with Crippen molar-refractivity contribution in [1.29, 1.82) is 0 Å². The Bertz CT molecular complexity index is 331. The number of phenolic OH excluding ortho intramolecular Hbond substituents is 1. The molecule has 0 saturated heterocycles. The maximum absolute atomic E-state index is 9.75. The van der Waals surface area contributed by atoms with Crippen molar-refractivity contribution in [1.82, 2.24) is 5.32 Å². The molecule has 0 bridgehead atoms. The SMILES string of the molecule is CC1(C)NCCc2cccc(O)c21. The quantitative estimate of drug-likeness (QED) is 0.633. The summed E-state index contributed by atoms with van der Waals surface area (Å²) in [6.45, 7) is 5.19. The molecule has 2 N–H and O–H groups in total. The first kappa shape index (κ1) is 8.57. The minimum absolute atomic E-state index is 0.0983. The first-order chi connectivity index (χ1) is 6.11. The number of benzene rings is 1. The minimum atomic E-state index is -0.0983. The van der Waals surface area contributed by atoms with Crippen LogP contribution in [0.1, 0.15) is 25.0 Å². The number of fused-ring (bicyclic) bond motifs is 1. The van der Waals surface area contributed by atoms with Crippen molar-refractivity contribution in [2.45, 2.75) is 25.8 Å². The molecule has 0 saturated carbocycles. The molecule has 1 aromatic carbocycles. The maximum Gasteiger partial charge on any atom is 0.120 e. The molecule has 13 heavy (non-hydrogen) atoms. The molecule has 0 aliphatic carbocycles. The highest BCUT2D eigenvalue weighted by molar-refractivity contribution is 5.45. The van der Waals surface area contributed by atoms with Crippen LogP contribution in [0.3, 0.4) is 0 Å². The molecule has 70 valence electrons. The van der Waals surface area contributed by atoms with E-state index in [0.717, 1.165) is 18.5 Å². The van der Waals surface area contributed by atoms with Crippen LogP contribution < -0.4 is 5.32 Å². The molecule has 0 aromatic heterocycles. The Morgan fingerprint density at radius 3 is 2.85 bits per heavy atom. The van der Waals surface area contributed by atoms with Gasteiger partial charge in [-0.15, -0.1) is 0 Å². The van der Waals surface area contributed by atoms with Crippen LogP contribution in [0.4, 0.5) is 0 Å². The number of nitrogens with one attached hydrogen (secondary N) is 1. The Kier molecular flexibility index (Phi) is 1.81. The molecule has 1 aliphatic heterocycles. The molecule has 1 aliphatic rings. The highest BCUT2D eigenvalue weighted by Crippen LogP contribution is 2.34. The Morgan fingerprint density at radius 1 is 1.38 bits per heavy atom. The second kappa shape index (κ2) is 2.74. The summed E-state index contributed by atoms with van der Waals surface area (Å²) in [6.07, 6.45) is 1.01. The summed E-state index contributed by atoms with van der Waals surface area (Å²) < 4.78 is 0. The van der Waals surface area contributed by atoms with E-state index in [4.69, 9.17) is 0 Å². The van der Waals surface area contributed by atoms with Gasteiger partial charge in [0.1, 0.15) is 5.75 Å². The van der Waals surface area contributed by atoms with Crippen LogP contribution in [-0.4, -0.2) is 11.7 Å². The van der Waals surface area contributed by atoms with Gasteiger partial charge in [0, 0.05) is 11.1 Å². The lowest BCUT2D eigenvalue weighted by atomic mass is 9.85. The standard InChI is InChI=1S/C11H15NO/c1-11(2)10-8(6-7-12-11)4-3-5-9(10)13/h3-5,12-13H,6-7H2,1-2H3. The molecule has 0 fully saturated rings. The predicted octanol–water partition coefficient (Wildman–Crippen LogP) is 1.77. The lowest BCUT2D eigenvalue weighted by Gasteiger charge is -2.34. The summed E-state index contributed by atoms with van der Waals surface area (Å²) in [7, 11) is 0. The van der Waals surface area contributed by atoms with Gasteiger partial charge < -0.3 is 10.4 Å². The van der Waals surface area contributed by atoms with Crippen LogP contribution in [0.15, 0.2) is 18.2 Å². The Balaban J connectivity index is 2.61.